The first-order valence-electron chi connectivity index (χ1n) is 5.50. The first-order valence-corrected chi connectivity index (χ1v) is 5.50. The predicted octanol–water partition coefficient (Wildman–Crippen LogP) is 2.24. The number of nitrogens with zero attached hydrogens (tertiary/aromatic N) is 1. The molecule has 0 aliphatic heterocycles. The van der Waals surface area contributed by atoms with Gasteiger partial charge in [0, 0.05) is 18.0 Å². The lowest BCUT2D eigenvalue weighted by atomic mass is 10.3. The lowest BCUT2D eigenvalue weighted by Gasteiger charge is -2.06. The fraction of sp³-hybridized carbons (Fsp3) is 0.143. The van der Waals surface area contributed by atoms with Crippen molar-refractivity contribution in [1.82, 2.24) is 0 Å². The van der Waals surface area contributed by atoms with Gasteiger partial charge in [-0.15, -0.1) is 0 Å². The lowest BCUT2D eigenvalue weighted by Crippen LogP contribution is -2.05. The number of ether oxygens (including phenoxy) is 2. The van der Waals surface area contributed by atoms with Crippen LogP contribution in [0.4, 0.5) is 5.69 Å². The van der Waals surface area contributed by atoms with E-state index in [0.717, 1.165) is 0 Å². The minimum atomic E-state index is -0.686. The van der Waals surface area contributed by atoms with E-state index in [2.05, 4.69) is 16.6 Å². The third kappa shape index (κ3) is 4.56. The maximum absolute atomic E-state index is 11.2. The van der Waals surface area contributed by atoms with E-state index in [1.54, 1.807) is 36.4 Å². The highest BCUT2D eigenvalue weighted by Crippen LogP contribution is 2.17. The van der Waals surface area contributed by atoms with Crippen molar-refractivity contribution in [2.45, 2.75) is 0 Å². The summed E-state index contributed by atoms with van der Waals surface area (Å²) >= 11 is 0. The molecular weight excluding hydrogens is 244 g/mol. The van der Waals surface area contributed by atoms with Gasteiger partial charge in [0.1, 0.15) is 18.4 Å². The van der Waals surface area contributed by atoms with Crippen molar-refractivity contribution in [3.05, 3.63) is 48.7 Å². The highest BCUT2D eigenvalue weighted by molar-refractivity contribution is 5.93. The smallest absolute Gasteiger partial charge is 0.350 e. The second-order valence-corrected chi connectivity index (χ2v) is 3.43. The highest BCUT2D eigenvalue weighted by Gasteiger charge is 2.07. The number of rotatable bonds is 6. The number of benzene rings is 1. The van der Waals surface area contributed by atoms with Crippen molar-refractivity contribution >= 4 is 11.7 Å². The predicted molar refractivity (Wildman–Crippen MR) is 71.5 cm³/mol. The molecule has 0 aliphatic carbocycles. The molecule has 0 aromatic heterocycles. The van der Waals surface area contributed by atoms with Gasteiger partial charge < -0.3 is 14.8 Å². The Morgan fingerprint density at radius 2 is 2.37 bits per heavy atom. The summed E-state index contributed by atoms with van der Waals surface area (Å²) in [6, 6.07) is 8.86. The zero-order valence-corrected chi connectivity index (χ0v) is 10.6. The minimum absolute atomic E-state index is 0.111. The summed E-state index contributed by atoms with van der Waals surface area (Å²) in [6.45, 7) is 3.97. The molecule has 0 aliphatic rings. The van der Waals surface area contributed by atoms with E-state index in [1.807, 2.05) is 0 Å². The van der Waals surface area contributed by atoms with Crippen molar-refractivity contribution in [2.24, 2.45) is 0 Å². The van der Waals surface area contributed by atoms with Crippen LogP contribution in [0.1, 0.15) is 0 Å². The van der Waals surface area contributed by atoms with Crippen LogP contribution in [0.15, 0.2) is 48.7 Å². The summed E-state index contributed by atoms with van der Waals surface area (Å²) in [5.74, 6) is -0.0241. The van der Waals surface area contributed by atoms with E-state index >= 15 is 0 Å². The van der Waals surface area contributed by atoms with Crippen LogP contribution in [-0.4, -0.2) is 19.7 Å². The third-order valence-electron chi connectivity index (χ3n) is 2.11. The Kier molecular flexibility index (Phi) is 5.70. The molecule has 1 aromatic carbocycles. The molecule has 98 valence electrons. The van der Waals surface area contributed by atoms with Crippen LogP contribution in [0, 0.1) is 11.3 Å². The van der Waals surface area contributed by atoms with Gasteiger partial charge in [0.25, 0.3) is 0 Å². The zero-order chi connectivity index (χ0) is 14.1. The summed E-state index contributed by atoms with van der Waals surface area (Å²) in [6.07, 6.45) is 2.93. The molecule has 0 saturated carbocycles. The number of esters is 1. The van der Waals surface area contributed by atoms with Crippen LogP contribution in [0.3, 0.4) is 0 Å². The number of nitriles is 1. The van der Waals surface area contributed by atoms with E-state index in [-0.39, 0.29) is 5.57 Å². The Bertz CT molecular complexity index is 530. The molecule has 1 aromatic rings. The molecule has 19 heavy (non-hydrogen) atoms. The molecule has 1 rings (SSSR count). The van der Waals surface area contributed by atoms with Gasteiger partial charge in [-0.2, -0.15) is 5.26 Å². The van der Waals surface area contributed by atoms with E-state index < -0.39 is 5.97 Å². The summed E-state index contributed by atoms with van der Waals surface area (Å²) < 4.78 is 9.83. The summed E-state index contributed by atoms with van der Waals surface area (Å²) in [5, 5.41) is 11.6. The number of nitrogens with one attached hydrogen (secondary N) is 1. The Morgan fingerprint density at radius 1 is 1.58 bits per heavy atom. The fourth-order valence-corrected chi connectivity index (χ4v) is 1.23. The quantitative estimate of drug-likeness (QED) is 0.367. The second kappa shape index (κ2) is 7.56. The molecule has 0 saturated heterocycles. The van der Waals surface area contributed by atoms with Crippen molar-refractivity contribution < 1.29 is 14.3 Å². The summed E-state index contributed by atoms with van der Waals surface area (Å²) in [5.41, 5.74) is 0.582. The minimum Gasteiger partial charge on any atom is -0.489 e. The monoisotopic (exact) mass is 258 g/mol. The lowest BCUT2D eigenvalue weighted by molar-refractivity contribution is -0.135. The maximum atomic E-state index is 11.2. The van der Waals surface area contributed by atoms with Gasteiger partial charge in [0.05, 0.1) is 7.11 Å². The molecule has 0 unspecified atom stereocenters. The summed E-state index contributed by atoms with van der Waals surface area (Å²) in [4.78, 5) is 11.2. The van der Waals surface area contributed by atoms with Gasteiger partial charge in [-0.3, -0.25) is 0 Å². The first kappa shape index (κ1) is 14.3. The van der Waals surface area contributed by atoms with Crippen LogP contribution in [-0.2, 0) is 9.53 Å². The van der Waals surface area contributed by atoms with E-state index in [4.69, 9.17) is 10.00 Å². The van der Waals surface area contributed by atoms with Crippen LogP contribution in [0.2, 0.25) is 0 Å². The molecule has 1 N–H and O–H groups in total. The molecule has 0 radical (unpaired) electrons. The van der Waals surface area contributed by atoms with Crippen LogP contribution in [0.5, 0.6) is 5.75 Å². The van der Waals surface area contributed by atoms with Crippen LogP contribution in [0.25, 0.3) is 0 Å². The average Bonchev–Trinajstić information content (AvgIpc) is 2.45. The van der Waals surface area contributed by atoms with Crippen molar-refractivity contribution in [3.63, 3.8) is 0 Å². The number of hydrogen-bond acceptors (Lipinski definition) is 5. The largest absolute Gasteiger partial charge is 0.489 e. The van der Waals surface area contributed by atoms with E-state index in [9.17, 15) is 4.79 Å². The molecule has 0 fully saturated rings. The summed E-state index contributed by atoms with van der Waals surface area (Å²) in [7, 11) is 1.22. The topological polar surface area (TPSA) is 71.3 Å². The zero-order valence-electron chi connectivity index (χ0n) is 10.6. The van der Waals surface area contributed by atoms with Crippen molar-refractivity contribution in [2.75, 3.05) is 19.0 Å². The molecule has 5 heteroatoms. The Labute approximate surface area is 111 Å². The molecule has 0 heterocycles. The Hall–Kier alpha value is -2.74. The van der Waals surface area contributed by atoms with Gasteiger partial charge in [0.15, 0.2) is 5.57 Å². The van der Waals surface area contributed by atoms with Gasteiger partial charge in [-0.05, 0) is 12.1 Å². The maximum Gasteiger partial charge on any atom is 0.350 e. The standard InChI is InChI=1S/C14H14N2O3/c1-3-7-19-13-6-4-5-12(8-13)16-10-11(9-15)14(17)18-2/h3-6,8,10,16H,1,7H2,2H3/b11-10+. The molecular formula is C14H14N2O3. The number of methoxy groups -OCH3 is 1. The first-order chi connectivity index (χ1) is 9.21. The van der Waals surface area contributed by atoms with Gasteiger partial charge >= 0.3 is 5.97 Å². The molecule has 0 atom stereocenters. The Morgan fingerprint density at radius 3 is 3.00 bits per heavy atom. The molecule has 0 amide bonds. The third-order valence-corrected chi connectivity index (χ3v) is 2.11. The number of carbonyl (C=O) groups excluding carboxylic acids is 1. The molecule has 5 nitrogen and oxygen atoms in total. The Balaban J connectivity index is 2.77. The normalized spacial score (nSPS) is 10.2. The van der Waals surface area contributed by atoms with Crippen LogP contribution < -0.4 is 10.1 Å². The molecule has 0 spiro atoms. The fourth-order valence-electron chi connectivity index (χ4n) is 1.23. The SMILES string of the molecule is C=CCOc1cccc(N/C=C(\C#N)C(=O)OC)c1. The number of hydrogen-bond donors (Lipinski definition) is 1. The molecule has 0 bridgehead atoms. The average molecular weight is 258 g/mol. The van der Waals surface area contributed by atoms with Gasteiger partial charge in [-0.1, -0.05) is 18.7 Å². The van der Waals surface area contributed by atoms with Gasteiger partial charge in [-0.25, -0.2) is 4.79 Å². The van der Waals surface area contributed by atoms with E-state index in [1.165, 1.54) is 13.3 Å². The van der Waals surface area contributed by atoms with Gasteiger partial charge in [0.2, 0.25) is 0 Å². The number of anilines is 1. The van der Waals surface area contributed by atoms with Crippen molar-refractivity contribution in [1.29, 1.82) is 5.26 Å². The second-order valence-electron chi connectivity index (χ2n) is 3.43. The highest BCUT2D eigenvalue weighted by atomic mass is 16.5. The number of carbonyl (C=O) groups is 1. The van der Waals surface area contributed by atoms with Crippen LogP contribution >= 0.6 is 0 Å². The van der Waals surface area contributed by atoms with Crippen molar-refractivity contribution in [3.8, 4) is 11.8 Å². The van der Waals surface area contributed by atoms with E-state index in [0.29, 0.717) is 18.0 Å².